The van der Waals surface area contributed by atoms with Crippen molar-refractivity contribution >= 4 is 0 Å². The van der Waals surface area contributed by atoms with E-state index in [0.717, 1.165) is 37.4 Å². The Labute approximate surface area is 156 Å². The van der Waals surface area contributed by atoms with Gasteiger partial charge in [-0.2, -0.15) is 10.1 Å². The molecule has 0 saturated carbocycles. The first kappa shape index (κ1) is 17.6. The Morgan fingerprint density at radius 3 is 2.78 bits per heavy atom. The average molecular weight is 370 g/mol. The SMILES string of the molecule is COCc1nc(Cn2nc(C3CCNCC3)n(-c3ccccc3)c2=O)no1. The van der Waals surface area contributed by atoms with Gasteiger partial charge in [0.15, 0.2) is 5.82 Å². The zero-order chi connectivity index (χ0) is 18.6. The molecule has 9 nitrogen and oxygen atoms in total. The summed E-state index contributed by atoms with van der Waals surface area (Å²) < 4.78 is 13.2. The molecule has 3 aromatic rings. The van der Waals surface area contributed by atoms with Crippen molar-refractivity contribution in [2.45, 2.75) is 31.9 Å². The first-order valence-corrected chi connectivity index (χ1v) is 9.02. The maximum absolute atomic E-state index is 13.1. The van der Waals surface area contributed by atoms with Crippen molar-refractivity contribution in [2.24, 2.45) is 0 Å². The number of hydrogen-bond donors (Lipinski definition) is 1. The molecule has 1 fully saturated rings. The summed E-state index contributed by atoms with van der Waals surface area (Å²) >= 11 is 0. The molecule has 1 saturated heterocycles. The van der Waals surface area contributed by atoms with E-state index < -0.39 is 0 Å². The number of methoxy groups -OCH3 is 1. The quantitative estimate of drug-likeness (QED) is 0.693. The lowest BCUT2D eigenvalue weighted by Gasteiger charge is -2.22. The van der Waals surface area contributed by atoms with Crippen LogP contribution in [0.25, 0.3) is 5.69 Å². The van der Waals surface area contributed by atoms with E-state index in [4.69, 9.17) is 9.26 Å². The molecule has 0 atom stereocenters. The summed E-state index contributed by atoms with van der Waals surface area (Å²) in [6.07, 6.45) is 1.90. The molecule has 0 unspecified atom stereocenters. The van der Waals surface area contributed by atoms with Gasteiger partial charge in [-0.25, -0.2) is 14.0 Å². The van der Waals surface area contributed by atoms with Gasteiger partial charge in [0.1, 0.15) is 19.0 Å². The van der Waals surface area contributed by atoms with Crippen LogP contribution in [-0.4, -0.2) is 44.7 Å². The summed E-state index contributed by atoms with van der Waals surface area (Å²) in [7, 11) is 1.56. The largest absolute Gasteiger partial charge is 0.375 e. The minimum Gasteiger partial charge on any atom is -0.375 e. The third-order valence-corrected chi connectivity index (χ3v) is 4.65. The molecule has 0 aliphatic carbocycles. The Kier molecular flexibility index (Phi) is 5.12. The van der Waals surface area contributed by atoms with Gasteiger partial charge < -0.3 is 14.6 Å². The highest BCUT2D eigenvalue weighted by atomic mass is 16.5. The molecule has 2 aromatic heterocycles. The molecule has 1 aliphatic heterocycles. The summed E-state index contributed by atoms with van der Waals surface area (Å²) in [5, 5.41) is 11.9. The number of benzene rings is 1. The molecule has 1 aromatic carbocycles. The molecule has 142 valence electrons. The number of rotatable bonds is 6. The fourth-order valence-electron chi connectivity index (χ4n) is 3.36. The standard InChI is InChI=1S/C18H22N6O3/c1-26-12-16-20-15(22-27-16)11-23-18(25)24(14-5-3-2-4-6-14)17(21-23)13-7-9-19-10-8-13/h2-6,13,19H,7-12H2,1H3. The van der Waals surface area contributed by atoms with Gasteiger partial charge in [0.05, 0.1) is 5.69 Å². The predicted octanol–water partition coefficient (Wildman–Crippen LogP) is 1.08. The van der Waals surface area contributed by atoms with Crippen molar-refractivity contribution in [3.05, 3.63) is 58.4 Å². The molecular formula is C18H22N6O3. The Morgan fingerprint density at radius 2 is 2.04 bits per heavy atom. The molecule has 1 aliphatic rings. The van der Waals surface area contributed by atoms with E-state index >= 15 is 0 Å². The van der Waals surface area contributed by atoms with Crippen molar-refractivity contribution in [3.63, 3.8) is 0 Å². The molecule has 0 bridgehead atoms. The summed E-state index contributed by atoms with van der Waals surface area (Å²) in [5.41, 5.74) is 0.614. The maximum atomic E-state index is 13.1. The third kappa shape index (κ3) is 3.69. The Bertz CT molecular complexity index is 940. The van der Waals surface area contributed by atoms with Gasteiger partial charge >= 0.3 is 5.69 Å². The third-order valence-electron chi connectivity index (χ3n) is 4.65. The smallest absolute Gasteiger partial charge is 0.351 e. The molecule has 9 heteroatoms. The fourth-order valence-corrected chi connectivity index (χ4v) is 3.36. The molecule has 27 heavy (non-hydrogen) atoms. The second-order valence-electron chi connectivity index (χ2n) is 6.53. The van der Waals surface area contributed by atoms with Crippen molar-refractivity contribution in [1.29, 1.82) is 0 Å². The lowest BCUT2D eigenvalue weighted by atomic mass is 9.97. The van der Waals surface area contributed by atoms with Crippen LogP contribution in [0.15, 0.2) is 39.6 Å². The van der Waals surface area contributed by atoms with Crippen molar-refractivity contribution in [1.82, 2.24) is 29.8 Å². The summed E-state index contributed by atoms with van der Waals surface area (Å²) in [5.74, 6) is 1.79. The number of ether oxygens (including phenoxy) is 1. The normalized spacial score (nSPS) is 15.3. The average Bonchev–Trinajstić information content (AvgIpc) is 3.28. The minimum absolute atomic E-state index is 0.157. The second kappa shape index (κ2) is 7.85. The number of nitrogens with zero attached hydrogens (tertiary/aromatic N) is 5. The van der Waals surface area contributed by atoms with Gasteiger partial charge in [-0.3, -0.25) is 0 Å². The van der Waals surface area contributed by atoms with Crippen molar-refractivity contribution in [2.75, 3.05) is 20.2 Å². The number of hydrogen-bond acceptors (Lipinski definition) is 7. The van der Waals surface area contributed by atoms with Gasteiger partial charge in [0, 0.05) is 13.0 Å². The lowest BCUT2D eigenvalue weighted by molar-refractivity contribution is 0.151. The summed E-state index contributed by atoms with van der Waals surface area (Å²) in [6.45, 7) is 2.24. The van der Waals surface area contributed by atoms with E-state index in [2.05, 4.69) is 20.6 Å². The molecule has 1 N–H and O–H groups in total. The van der Waals surface area contributed by atoms with Gasteiger partial charge in [-0.15, -0.1) is 0 Å². The van der Waals surface area contributed by atoms with Gasteiger partial charge in [0.25, 0.3) is 5.89 Å². The molecular weight excluding hydrogens is 348 g/mol. The second-order valence-corrected chi connectivity index (χ2v) is 6.53. The number of aromatic nitrogens is 5. The van der Waals surface area contributed by atoms with Crippen LogP contribution >= 0.6 is 0 Å². The van der Waals surface area contributed by atoms with Gasteiger partial charge in [-0.1, -0.05) is 23.4 Å². The van der Waals surface area contributed by atoms with Crippen LogP contribution < -0.4 is 11.0 Å². The first-order chi connectivity index (χ1) is 13.3. The molecule has 0 spiro atoms. The summed E-state index contributed by atoms with van der Waals surface area (Å²) in [4.78, 5) is 17.3. The highest BCUT2D eigenvalue weighted by Gasteiger charge is 2.25. The van der Waals surface area contributed by atoms with Crippen LogP contribution in [0.2, 0.25) is 0 Å². The lowest BCUT2D eigenvalue weighted by Crippen LogP contribution is -2.29. The zero-order valence-electron chi connectivity index (χ0n) is 15.2. The van der Waals surface area contributed by atoms with Crippen LogP contribution in [0.4, 0.5) is 0 Å². The molecule has 3 heterocycles. The van der Waals surface area contributed by atoms with Crippen LogP contribution in [0.5, 0.6) is 0 Å². The maximum Gasteiger partial charge on any atom is 0.351 e. The van der Waals surface area contributed by atoms with Crippen molar-refractivity contribution < 1.29 is 9.26 Å². The van der Waals surface area contributed by atoms with E-state index in [1.807, 2.05) is 30.3 Å². The van der Waals surface area contributed by atoms with E-state index in [0.29, 0.717) is 11.7 Å². The van der Waals surface area contributed by atoms with E-state index in [1.54, 1.807) is 11.7 Å². The van der Waals surface area contributed by atoms with Gasteiger partial charge in [-0.05, 0) is 38.1 Å². The van der Waals surface area contributed by atoms with E-state index in [1.165, 1.54) is 4.68 Å². The van der Waals surface area contributed by atoms with Crippen LogP contribution in [-0.2, 0) is 17.9 Å². The Balaban J connectivity index is 1.71. The van der Waals surface area contributed by atoms with Crippen LogP contribution in [0.1, 0.15) is 36.3 Å². The molecule has 0 radical (unpaired) electrons. The Hall–Kier alpha value is -2.78. The monoisotopic (exact) mass is 370 g/mol. The van der Waals surface area contributed by atoms with Crippen LogP contribution in [0.3, 0.4) is 0 Å². The number of para-hydroxylation sites is 1. The fraction of sp³-hybridized carbons (Fsp3) is 0.444. The number of piperidine rings is 1. The molecule has 0 amide bonds. The molecule has 4 rings (SSSR count). The predicted molar refractivity (Wildman–Crippen MR) is 96.8 cm³/mol. The van der Waals surface area contributed by atoms with Crippen LogP contribution in [0, 0.1) is 0 Å². The highest BCUT2D eigenvalue weighted by molar-refractivity contribution is 5.33. The zero-order valence-corrected chi connectivity index (χ0v) is 15.2. The summed E-state index contributed by atoms with van der Waals surface area (Å²) in [6, 6.07) is 9.61. The highest BCUT2D eigenvalue weighted by Crippen LogP contribution is 2.24. The Morgan fingerprint density at radius 1 is 1.26 bits per heavy atom. The minimum atomic E-state index is -0.201. The topological polar surface area (TPSA) is 100 Å². The van der Waals surface area contributed by atoms with Crippen molar-refractivity contribution in [3.8, 4) is 5.69 Å². The van der Waals surface area contributed by atoms with E-state index in [-0.39, 0.29) is 24.8 Å². The van der Waals surface area contributed by atoms with Gasteiger partial charge in [0.2, 0.25) is 0 Å². The van der Waals surface area contributed by atoms with E-state index in [9.17, 15) is 4.79 Å². The first-order valence-electron chi connectivity index (χ1n) is 9.02. The number of nitrogens with one attached hydrogen (secondary N) is 1.